The van der Waals surface area contributed by atoms with Crippen molar-refractivity contribution in [2.75, 3.05) is 9.72 Å². The fourth-order valence-corrected chi connectivity index (χ4v) is 3.19. The second-order valence-corrected chi connectivity index (χ2v) is 6.97. The number of ether oxygens (including phenoxy) is 2. The minimum absolute atomic E-state index is 0.215. The van der Waals surface area contributed by atoms with Crippen molar-refractivity contribution in [3.05, 3.63) is 35.9 Å². The topological polar surface area (TPSA) is 38.8 Å². The first-order valence-electron chi connectivity index (χ1n) is 6.24. The molecule has 2 rings (SSSR count). The molecule has 0 radical (unpaired) electrons. The Labute approximate surface area is 146 Å². The van der Waals surface area contributed by atoms with E-state index in [0.29, 0.717) is 6.61 Å². The van der Waals surface area contributed by atoms with Gasteiger partial charge in [-0.15, -0.1) is 0 Å². The third kappa shape index (κ3) is 2.96. The minimum atomic E-state index is -1.21. The van der Waals surface area contributed by atoms with Crippen LogP contribution in [0.25, 0.3) is 6.08 Å². The van der Waals surface area contributed by atoms with E-state index in [1.54, 1.807) is 9.19 Å². The molecule has 4 nitrogen and oxygen atoms in total. The van der Waals surface area contributed by atoms with Crippen LogP contribution in [0.4, 0.5) is 5.69 Å². The van der Waals surface area contributed by atoms with Crippen molar-refractivity contribution in [3.63, 3.8) is 0 Å². The fourth-order valence-electron chi connectivity index (χ4n) is 2.02. The monoisotopic (exact) mass is 499 g/mol. The average molecular weight is 499 g/mol. The molecule has 1 aromatic rings. The number of alkyl halides is 1. The number of esters is 1. The molecular formula is C14H15I2NO3. The first kappa shape index (κ1) is 16.0. The molecule has 0 aliphatic carbocycles. The largest absolute Gasteiger partial charge is 0.448 e. The molecule has 0 bridgehead atoms. The predicted molar refractivity (Wildman–Crippen MR) is 95.9 cm³/mol. The fraction of sp³-hybridized carbons (Fsp3) is 0.357. The molecule has 0 saturated carbocycles. The lowest BCUT2D eigenvalue weighted by atomic mass is 10.0. The molecule has 0 amide bonds. The zero-order chi connectivity index (χ0) is 14.8. The second kappa shape index (κ2) is 6.61. The van der Waals surface area contributed by atoms with Gasteiger partial charge in [0.2, 0.25) is 0 Å². The molecule has 1 heterocycles. The summed E-state index contributed by atoms with van der Waals surface area (Å²) in [4.78, 5) is 12.5. The SMILES string of the molecule is CCOC1(C(=O)OC(C)I)C=Cc2ccccc2N1I. The van der Waals surface area contributed by atoms with Gasteiger partial charge in [-0.2, -0.15) is 0 Å². The van der Waals surface area contributed by atoms with Gasteiger partial charge in [-0.05, 0) is 54.1 Å². The number of anilines is 1. The van der Waals surface area contributed by atoms with Crippen LogP contribution in [0.3, 0.4) is 0 Å². The first-order valence-corrected chi connectivity index (χ1v) is 8.45. The normalized spacial score (nSPS) is 22.3. The summed E-state index contributed by atoms with van der Waals surface area (Å²) >= 11 is 4.15. The summed E-state index contributed by atoms with van der Waals surface area (Å²) in [6.07, 6.45) is 3.66. The van der Waals surface area contributed by atoms with Crippen molar-refractivity contribution in [1.82, 2.24) is 0 Å². The van der Waals surface area contributed by atoms with E-state index in [1.807, 2.05) is 44.2 Å². The van der Waals surface area contributed by atoms with E-state index in [9.17, 15) is 4.79 Å². The number of hydrogen-bond acceptors (Lipinski definition) is 4. The Morgan fingerprint density at radius 3 is 2.80 bits per heavy atom. The number of carbonyl (C=O) groups is 1. The number of carbonyl (C=O) groups excluding carboxylic acids is 1. The van der Waals surface area contributed by atoms with Gasteiger partial charge >= 0.3 is 5.97 Å². The van der Waals surface area contributed by atoms with Gasteiger partial charge < -0.3 is 9.47 Å². The summed E-state index contributed by atoms with van der Waals surface area (Å²) in [5, 5.41) is 0. The molecule has 108 valence electrons. The number of para-hydroxylation sites is 1. The van der Waals surface area contributed by atoms with Gasteiger partial charge in [-0.1, -0.05) is 24.3 Å². The van der Waals surface area contributed by atoms with Crippen LogP contribution in [0.1, 0.15) is 19.4 Å². The Bertz CT molecular complexity index is 533. The Hall–Kier alpha value is -0.350. The van der Waals surface area contributed by atoms with Gasteiger partial charge in [0.1, 0.15) is 4.11 Å². The molecule has 0 N–H and O–H groups in total. The van der Waals surface area contributed by atoms with Crippen molar-refractivity contribution in [2.24, 2.45) is 0 Å². The molecule has 20 heavy (non-hydrogen) atoms. The number of fused-ring (bicyclic) bond motifs is 1. The van der Waals surface area contributed by atoms with E-state index in [1.165, 1.54) is 0 Å². The van der Waals surface area contributed by atoms with Gasteiger partial charge in [0.05, 0.1) is 28.6 Å². The summed E-state index contributed by atoms with van der Waals surface area (Å²) < 4.78 is 12.7. The molecule has 2 atom stereocenters. The highest BCUT2D eigenvalue weighted by molar-refractivity contribution is 14.1. The molecule has 6 heteroatoms. The number of halogens is 2. The minimum Gasteiger partial charge on any atom is -0.448 e. The molecule has 1 aliphatic heterocycles. The van der Waals surface area contributed by atoms with Crippen LogP contribution < -0.4 is 3.11 Å². The predicted octanol–water partition coefficient (Wildman–Crippen LogP) is 3.93. The summed E-state index contributed by atoms with van der Waals surface area (Å²) in [6, 6.07) is 7.86. The molecule has 1 aromatic carbocycles. The number of hydrogen-bond donors (Lipinski definition) is 0. The van der Waals surface area contributed by atoms with E-state index in [-0.39, 0.29) is 4.11 Å². The standard InChI is InChI=1S/C14H15I2NO3/c1-3-19-14(13(18)20-10(2)15)9-8-11-6-4-5-7-12(11)17(14)16/h4-10H,3H2,1-2H3. The van der Waals surface area contributed by atoms with E-state index in [4.69, 9.17) is 9.47 Å². The maximum absolute atomic E-state index is 12.5. The lowest BCUT2D eigenvalue weighted by Gasteiger charge is -2.39. The maximum atomic E-state index is 12.5. The van der Waals surface area contributed by atoms with Gasteiger partial charge in [-0.3, -0.25) is 3.11 Å². The number of benzene rings is 1. The molecule has 2 unspecified atom stereocenters. The smallest absolute Gasteiger partial charge is 0.366 e. The van der Waals surface area contributed by atoms with Crippen LogP contribution in [0.2, 0.25) is 0 Å². The Balaban J connectivity index is 2.42. The summed E-state index contributed by atoms with van der Waals surface area (Å²) in [6.45, 7) is 4.09. The molecule has 0 spiro atoms. The highest BCUT2D eigenvalue weighted by Crippen LogP contribution is 2.39. The Morgan fingerprint density at radius 2 is 2.15 bits per heavy atom. The van der Waals surface area contributed by atoms with Gasteiger partial charge in [0, 0.05) is 6.61 Å². The molecule has 1 aliphatic rings. The van der Waals surface area contributed by atoms with Crippen LogP contribution in [0.15, 0.2) is 30.3 Å². The highest BCUT2D eigenvalue weighted by Gasteiger charge is 2.47. The van der Waals surface area contributed by atoms with Crippen LogP contribution in [0.5, 0.6) is 0 Å². The quantitative estimate of drug-likeness (QED) is 0.273. The summed E-state index contributed by atoms with van der Waals surface area (Å²) in [7, 11) is 0. The van der Waals surface area contributed by atoms with E-state index in [2.05, 4.69) is 45.5 Å². The van der Waals surface area contributed by atoms with E-state index < -0.39 is 11.7 Å². The molecule has 0 saturated heterocycles. The lowest BCUT2D eigenvalue weighted by molar-refractivity contribution is -0.164. The highest BCUT2D eigenvalue weighted by atomic mass is 127. The average Bonchev–Trinajstić information content (AvgIpc) is 2.41. The van der Waals surface area contributed by atoms with E-state index >= 15 is 0 Å². The Kier molecular flexibility index (Phi) is 5.30. The van der Waals surface area contributed by atoms with Crippen molar-refractivity contribution in [2.45, 2.75) is 23.7 Å². The summed E-state index contributed by atoms with van der Waals surface area (Å²) in [5.74, 6) is -0.401. The zero-order valence-corrected chi connectivity index (χ0v) is 15.5. The first-order chi connectivity index (χ1) is 9.51. The molecule has 0 aromatic heterocycles. The van der Waals surface area contributed by atoms with Crippen LogP contribution in [-0.2, 0) is 14.3 Å². The number of nitrogens with zero attached hydrogens (tertiary/aromatic N) is 1. The third-order valence-electron chi connectivity index (χ3n) is 2.86. The summed E-state index contributed by atoms with van der Waals surface area (Å²) in [5.41, 5.74) is 0.776. The Morgan fingerprint density at radius 1 is 1.45 bits per heavy atom. The van der Waals surface area contributed by atoms with Crippen molar-refractivity contribution in [3.8, 4) is 0 Å². The number of rotatable bonds is 4. The molecule has 0 fully saturated rings. The van der Waals surface area contributed by atoms with Crippen molar-refractivity contribution in [1.29, 1.82) is 0 Å². The van der Waals surface area contributed by atoms with E-state index in [0.717, 1.165) is 11.3 Å². The maximum Gasteiger partial charge on any atom is 0.366 e. The second-order valence-electron chi connectivity index (χ2n) is 4.25. The van der Waals surface area contributed by atoms with Crippen molar-refractivity contribution >= 4 is 63.2 Å². The van der Waals surface area contributed by atoms with Crippen LogP contribution in [0, 0.1) is 0 Å². The van der Waals surface area contributed by atoms with Gasteiger partial charge in [0.25, 0.3) is 5.72 Å². The van der Waals surface area contributed by atoms with Crippen LogP contribution in [-0.4, -0.2) is 22.4 Å². The molecular weight excluding hydrogens is 484 g/mol. The van der Waals surface area contributed by atoms with Gasteiger partial charge in [-0.25, -0.2) is 4.79 Å². The van der Waals surface area contributed by atoms with Crippen molar-refractivity contribution < 1.29 is 14.3 Å². The zero-order valence-electron chi connectivity index (χ0n) is 11.2. The lowest BCUT2D eigenvalue weighted by Crippen LogP contribution is -2.53. The van der Waals surface area contributed by atoms with Gasteiger partial charge in [0.15, 0.2) is 0 Å². The van der Waals surface area contributed by atoms with Crippen LogP contribution >= 0.6 is 45.5 Å². The third-order valence-corrected chi connectivity index (χ3v) is 4.35.